The van der Waals surface area contributed by atoms with Gasteiger partial charge >= 0.3 is 0 Å². The minimum atomic E-state index is -0.918. The second kappa shape index (κ2) is 4.89. The van der Waals surface area contributed by atoms with E-state index in [1.54, 1.807) is 18.7 Å². The van der Waals surface area contributed by atoms with Crippen LogP contribution >= 0.6 is 0 Å². The maximum atomic E-state index is 12.1. The highest BCUT2D eigenvalue weighted by Crippen LogP contribution is 2.46. The summed E-state index contributed by atoms with van der Waals surface area (Å²) in [7, 11) is 0. The Kier molecular flexibility index (Phi) is 3.26. The van der Waals surface area contributed by atoms with E-state index < -0.39 is 17.7 Å². The van der Waals surface area contributed by atoms with E-state index in [1.165, 1.54) is 12.1 Å². The van der Waals surface area contributed by atoms with E-state index in [-0.39, 0.29) is 17.2 Å². The van der Waals surface area contributed by atoms with Crippen molar-refractivity contribution in [2.75, 3.05) is 6.54 Å². The van der Waals surface area contributed by atoms with E-state index >= 15 is 0 Å². The number of amides is 1. The van der Waals surface area contributed by atoms with Crippen molar-refractivity contribution in [3.63, 3.8) is 0 Å². The second-order valence-electron chi connectivity index (χ2n) is 6.30. The molecule has 1 saturated heterocycles. The van der Waals surface area contributed by atoms with Gasteiger partial charge in [-0.1, -0.05) is 0 Å². The number of nitriles is 1. The molecule has 1 aromatic rings. The molecule has 1 fully saturated rings. The Balaban J connectivity index is 2.16. The molecule has 2 aliphatic rings. The summed E-state index contributed by atoms with van der Waals surface area (Å²) in [5, 5.41) is 29.6. The minimum absolute atomic E-state index is 0.0146. The molecule has 0 radical (unpaired) electrons. The molecule has 2 N–H and O–H groups in total. The zero-order valence-corrected chi connectivity index (χ0v) is 12.5. The summed E-state index contributed by atoms with van der Waals surface area (Å²) in [6.07, 6.45) is 0.295. The van der Waals surface area contributed by atoms with Crippen LogP contribution in [0.15, 0.2) is 12.1 Å². The molecule has 22 heavy (non-hydrogen) atoms. The van der Waals surface area contributed by atoms with Crippen LogP contribution in [-0.2, 0) is 4.79 Å². The predicted octanol–water partition coefficient (Wildman–Crippen LogP) is 1.46. The summed E-state index contributed by atoms with van der Waals surface area (Å²) in [6, 6.07) is 4.23. The maximum Gasteiger partial charge on any atom is 0.223 e. The number of benzene rings is 1. The van der Waals surface area contributed by atoms with E-state index in [9.17, 15) is 15.0 Å². The third kappa shape index (κ3) is 2.09. The van der Waals surface area contributed by atoms with Crippen LogP contribution < -0.4 is 4.74 Å². The third-order valence-electron chi connectivity index (χ3n) is 4.40. The number of carbonyl (C=O) groups is 1. The lowest BCUT2D eigenvalue weighted by atomic mass is 9.85. The highest BCUT2D eigenvalue weighted by Gasteiger charge is 2.47. The molecule has 0 saturated carbocycles. The number of aliphatic hydroxyl groups is 1. The number of phenols is 1. The molecule has 0 aromatic heterocycles. The molecular formula is C16H18N2O4. The molecule has 0 bridgehead atoms. The molecule has 0 spiro atoms. The molecule has 6 heteroatoms. The monoisotopic (exact) mass is 302 g/mol. The number of hydrogen-bond acceptors (Lipinski definition) is 5. The van der Waals surface area contributed by atoms with Crippen LogP contribution in [0.4, 0.5) is 0 Å². The third-order valence-corrected chi connectivity index (χ3v) is 4.40. The Morgan fingerprint density at radius 3 is 2.77 bits per heavy atom. The summed E-state index contributed by atoms with van der Waals surface area (Å²) in [4.78, 5) is 13.8. The van der Waals surface area contributed by atoms with Crippen LogP contribution in [0.2, 0.25) is 0 Å². The number of carbonyl (C=O) groups excluding carboxylic acids is 1. The van der Waals surface area contributed by atoms with Gasteiger partial charge in [-0.3, -0.25) is 4.79 Å². The van der Waals surface area contributed by atoms with Crippen LogP contribution in [0, 0.1) is 11.3 Å². The molecule has 1 amide bonds. The maximum absolute atomic E-state index is 12.1. The fourth-order valence-corrected chi connectivity index (χ4v) is 3.19. The fourth-order valence-electron chi connectivity index (χ4n) is 3.19. The summed E-state index contributed by atoms with van der Waals surface area (Å²) >= 11 is 0. The topological polar surface area (TPSA) is 93.8 Å². The van der Waals surface area contributed by atoms with Crippen molar-refractivity contribution in [1.29, 1.82) is 5.26 Å². The van der Waals surface area contributed by atoms with Crippen molar-refractivity contribution in [1.82, 2.24) is 4.90 Å². The van der Waals surface area contributed by atoms with Crippen LogP contribution in [-0.4, -0.2) is 39.3 Å². The molecule has 2 aliphatic heterocycles. The molecule has 0 aliphatic carbocycles. The van der Waals surface area contributed by atoms with Gasteiger partial charge in [-0.2, -0.15) is 5.26 Å². The van der Waals surface area contributed by atoms with Gasteiger partial charge in [-0.05, 0) is 26.3 Å². The number of rotatable bonds is 1. The average Bonchev–Trinajstić information content (AvgIpc) is 2.86. The van der Waals surface area contributed by atoms with E-state index in [0.717, 1.165) is 6.42 Å². The van der Waals surface area contributed by atoms with Crippen LogP contribution in [0.5, 0.6) is 11.5 Å². The quantitative estimate of drug-likeness (QED) is 0.819. The van der Waals surface area contributed by atoms with E-state index in [1.807, 2.05) is 6.07 Å². The van der Waals surface area contributed by atoms with Gasteiger partial charge in [0.05, 0.1) is 11.6 Å². The van der Waals surface area contributed by atoms with Gasteiger partial charge in [0.25, 0.3) is 0 Å². The molecular weight excluding hydrogens is 284 g/mol. The largest absolute Gasteiger partial charge is 0.506 e. The first-order valence-corrected chi connectivity index (χ1v) is 7.28. The van der Waals surface area contributed by atoms with Gasteiger partial charge in [0.2, 0.25) is 5.91 Å². The van der Waals surface area contributed by atoms with Crippen LogP contribution in [0.3, 0.4) is 0 Å². The molecule has 0 unspecified atom stereocenters. The van der Waals surface area contributed by atoms with Crippen molar-refractivity contribution in [3.8, 4) is 17.6 Å². The van der Waals surface area contributed by atoms with Gasteiger partial charge < -0.3 is 19.8 Å². The van der Waals surface area contributed by atoms with Gasteiger partial charge in [0.1, 0.15) is 29.3 Å². The van der Waals surface area contributed by atoms with Crippen molar-refractivity contribution in [2.45, 2.75) is 44.4 Å². The van der Waals surface area contributed by atoms with Crippen molar-refractivity contribution in [2.24, 2.45) is 0 Å². The van der Waals surface area contributed by atoms with Gasteiger partial charge in [0.15, 0.2) is 0 Å². The first-order chi connectivity index (χ1) is 10.3. The van der Waals surface area contributed by atoms with E-state index in [0.29, 0.717) is 24.3 Å². The summed E-state index contributed by atoms with van der Waals surface area (Å²) in [6.45, 7) is 4.05. The van der Waals surface area contributed by atoms with Crippen LogP contribution in [0.25, 0.3) is 0 Å². The smallest absolute Gasteiger partial charge is 0.223 e. The Bertz CT molecular complexity index is 677. The molecule has 2 atom stereocenters. The molecule has 1 aromatic carbocycles. The first kappa shape index (κ1) is 14.7. The lowest BCUT2D eigenvalue weighted by Gasteiger charge is -2.45. The van der Waals surface area contributed by atoms with E-state index in [4.69, 9.17) is 10.00 Å². The number of aromatic hydroxyl groups is 1. The lowest BCUT2D eigenvalue weighted by molar-refractivity contribution is -0.139. The van der Waals surface area contributed by atoms with Crippen molar-refractivity contribution in [3.05, 3.63) is 23.3 Å². The predicted molar refractivity (Wildman–Crippen MR) is 77.2 cm³/mol. The van der Waals surface area contributed by atoms with E-state index in [2.05, 4.69) is 0 Å². The summed E-state index contributed by atoms with van der Waals surface area (Å²) < 4.78 is 5.78. The first-order valence-electron chi connectivity index (χ1n) is 7.28. The molecule has 3 rings (SSSR count). The summed E-state index contributed by atoms with van der Waals surface area (Å²) in [5.41, 5.74) is -0.233. The SMILES string of the molecule is CC1(C)Oc2cc(O)c(C#N)cc2[C@H](N2CCCC2=O)[C@H]1O. The second-order valence-corrected chi connectivity index (χ2v) is 6.30. The Hall–Kier alpha value is -2.26. The number of phenolic OH excluding ortho intramolecular Hbond substituents is 1. The molecule has 2 heterocycles. The Morgan fingerprint density at radius 1 is 1.45 bits per heavy atom. The number of nitrogens with zero attached hydrogens (tertiary/aromatic N) is 2. The number of fused-ring (bicyclic) bond motifs is 1. The summed E-state index contributed by atoms with van der Waals surface area (Å²) in [5.74, 6) is 0.218. The highest BCUT2D eigenvalue weighted by atomic mass is 16.5. The normalized spacial score (nSPS) is 26.3. The zero-order valence-electron chi connectivity index (χ0n) is 12.5. The zero-order chi connectivity index (χ0) is 16.1. The number of ether oxygens (including phenoxy) is 1. The lowest BCUT2D eigenvalue weighted by Crippen LogP contribution is -2.53. The molecule has 116 valence electrons. The average molecular weight is 302 g/mol. The van der Waals surface area contributed by atoms with Crippen molar-refractivity contribution < 1.29 is 19.7 Å². The minimum Gasteiger partial charge on any atom is -0.506 e. The van der Waals surface area contributed by atoms with Gasteiger partial charge in [-0.15, -0.1) is 0 Å². The number of aliphatic hydroxyl groups excluding tert-OH is 1. The van der Waals surface area contributed by atoms with Crippen LogP contribution in [0.1, 0.15) is 43.9 Å². The highest BCUT2D eigenvalue weighted by molar-refractivity contribution is 5.79. The fraction of sp³-hybridized carbons (Fsp3) is 0.500. The number of hydrogen-bond donors (Lipinski definition) is 2. The van der Waals surface area contributed by atoms with Gasteiger partial charge in [0, 0.05) is 24.6 Å². The van der Waals surface area contributed by atoms with Gasteiger partial charge in [-0.25, -0.2) is 0 Å². The molecule has 6 nitrogen and oxygen atoms in total. The number of likely N-dealkylation sites (tertiary alicyclic amines) is 1. The standard InChI is InChI=1S/C16H18N2O4/c1-16(2)15(21)14(18-5-3-4-13(18)20)10-6-9(8-17)11(19)7-12(10)22-16/h6-7,14-15,19,21H,3-5H2,1-2H3/t14-,15+/m0/s1. The Morgan fingerprint density at radius 2 is 2.18 bits per heavy atom. The van der Waals surface area contributed by atoms with Crippen molar-refractivity contribution >= 4 is 5.91 Å². The Labute approximate surface area is 128 Å².